The van der Waals surface area contributed by atoms with Crippen molar-refractivity contribution in [2.24, 2.45) is 11.3 Å². The molecule has 98 valence electrons. The molecule has 2 aliphatic rings. The summed E-state index contributed by atoms with van der Waals surface area (Å²) in [7, 11) is 0. The van der Waals surface area contributed by atoms with Gasteiger partial charge >= 0.3 is 0 Å². The fourth-order valence-corrected chi connectivity index (χ4v) is 3.62. The molecular formula is C15H27NO. The van der Waals surface area contributed by atoms with Crippen molar-refractivity contribution < 1.29 is 4.79 Å². The highest BCUT2D eigenvalue weighted by molar-refractivity contribution is 5.58. The van der Waals surface area contributed by atoms with Gasteiger partial charge in [0.25, 0.3) is 0 Å². The van der Waals surface area contributed by atoms with E-state index in [4.69, 9.17) is 0 Å². The number of hydrogen-bond donors (Lipinski definition) is 0. The van der Waals surface area contributed by atoms with Gasteiger partial charge in [-0.15, -0.1) is 0 Å². The molecule has 0 aromatic carbocycles. The maximum atomic E-state index is 11.2. The summed E-state index contributed by atoms with van der Waals surface area (Å²) >= 11 is 0. The highest BCUT2D eigenvalue weighted by Gasteiger charge is 2.36. The molecule has 0 N–H and O–H groups in total. The second-order valence-corrected chi connectivity index (χ2v) is 6.35. The fraction of sp³-hybridized carbons (Fsp3) is 0.933. The first-order valence-electron chi connectivity index (χ1n) is 7.39. The van der Waals surface area contributed by atoms with Crippen LogP contribution in [-0.4, -0.2) is 30.3 Å². The van der Waals surface area contributed by atoms with E-state index >= 15 is 0 Å². The molecule has 2 rings (SSSR count). The predicted octanol–water partition coefficient (Wildman–Crippen LogP) is 3.26. The molecule has 0 aromatic rings. The zero-order valence-corrected chi connectivity index (χ0v) is 11.5. The smallest absolute Gasteiger partial charge is 0.127 e. The van der Waals surface area contributed by atoms with Crippen LogP contribution >= 0.6 is 0 Å². The Kier molecular flexibility index (Phi) is 4.24. The van der Waals surface area contributed by atoms with Gasteiger partial charge in [0.15, 0.2) is 0 Å². The molecule has 2 fully saturated rings. The van der Waals surface area contributed by atoms with Crippen molar-refractivity contribution in [1.82, 2.24) is 4.90 Å². The van der Waals surface area contributed by atoms with Crippen molar-refractivity contribution in [3.05, 3.63) is 0 Å². The van der Waals surface area contributed by atoms with Crippen LogP contribution in [0.2, 0.25) is 0 Å². The van der Waals surface area contributed by atoms with Crippen LogP contribution in [0.25, 0.3) is 0 Å². The number of carbonyl (C=O) groups excluding carboxylic acids is 1. The molecule has 1 heterocycles. The van der Waals surface area contributed by atoms with Gasteiger partial charge in [0.1, 0.15) is 6.29 Å². The Morgan fingerprint density at radius 3 is 2.53 bits per heavy atom. The van der Waals surface area contributed by atoms with Crippen LogP contribution in [0.5, 0.6) is 0 Å². The number of hydrogen-bond acceptors (Lipinski definition) is 2. The van der Waals surface area contributed by atoms with E-state index in [1.807, 2.05) is 0 Å². The van der Waals surface area contributed by atoms with Crippen LogP contribution in [-0.2, 0) is 4.79 Å². The zero-order valence-electron chi connectivity index (χ0n) is 11.5. The fourth-order valence-electron chi connectivity index (χ4n) is 3.62. The number of nitrogens with zero attached hydrogens (tertiary/aromatic N) is 1. The summed E-state index contributed by atoms with van der Waals surface area (Å²) in [4.78, 5) is 13.9. The predicted molar refractivity (Wildman–Crippen MR) is 71.0 cm³/mol. The van der Waals surface area contributed by atoms with Crippen LogP contribution in [0.3, 0.4) is 0 Å². The molecule has 2 atom stereocenters. The lowest BCUT2D eigenvalue weighted by Crippen LogP contribution is -2.42. The highest BCUT2D eigenvalue weighted by atomic mass is 16.1. The lowest BCUT2D eigenvalue weighted by atomic mass is 9.87. The third-order valence-electron chi connectivity index (χ3n) is 5.01. The summed E-state index contributed by atoms with van der Waals surface area (Å²) in [6.07, 6.45) is 10.5. The number of carbonyl (C=O) groups is 1. The Hall–Kier alpha value is -0.370. The van der Waals surface area contributed by atoms with Crippen molar-refractivity contribution >= 4 is 6.29 Å². The lowest BCUT2D eigenvalue weighted by molar-refractivity contribution is -0.116. The molecule has 0 amide bonds. The summed E-state index contributed by atoms with van der Waals surface area (Å²) in [5.41, 5.74) is -0.124. The second-order valence-electron chi connectivity index (χ2n) is 6.35. The Morgan fingerprint density at radius 2 is 1.94 bits per heavy atom. The van der Waals surface area contributed by atoms with Crippen molar-refractivity contribution in [3.8, 4) is 0 Å². The van der Waals surface area contributed by atoms with Crippen molar-refractivity contribution in [2.75, 3.05) is 13.1 Å². The monoisotopic (exact) mass is 237 g/mol. The minimum atomic E-state index is -0.124. The molecule has 2 nitrogen and oxygen atoms in total. The summed E-state index contributed by atoms with van der Waals surface area (Å²) in [5.74, 6) is 0.922. The topological polar surface area (TPSA) is 20.3 Å². The van der Waals surface area contributed by atoms with E-state index in [2.05, 4.69) is 18.7 Å². The molecule has 2 heteroatoms. The van der Waals surface area contributed by atoms with Crippen LogP contribution in [0.15, 0.2) is 0 Å². The number of likely N-dealkylation sites (tertiary alicyclic amines) is 1. The quantitative estimate of drug-likeness (QED) is 0.684. The van der Waals surface area contributed by atoms with E-state index in [1.54, 1.807) is 0 Å². The normalized spacial score (nSPS) is 30.6. The second kappa shape index (κ2) is 5.51. The Labute approximate surface area is 106 Å². The third-order valence-corrected chi connectivity index (χ3v) is 5.01. The van der Waals surface area contributed by atoms with E-state index in [0.29, 0.717) is 0 Å². The first-order valence-corrected chi connectivity index (χ1v) is 7.39. The minimum Gasteiger partial charge on any atom is -0.303 e. The van der Waals surface area contributed by atoms with Gasteiger partial charge in [-0.3, -0.25) is 4.90 Å². The summed E-state index contributed by atoms with van der Waals surface area (Å²) in [6.45, 7) is 6.44. The first kappa shape index (κ1) is 13.1. The molecule has 1 saturated heterocycles. The molecule has 17 heavy (non-hydrogen) atoms. The van der Waals surface area contributed by atoms with Gasteiger partial charge in [-0.05, 0) is 44.6 Å². The third kappa shape index (κ3) is 2.90. The van der Waals surface area contributed by atoms with Gasteiger partial charge in [0.05, 0.1) is 0 Å². The Balaban J connectivity index is 1.96. The van der Waals surface area contributed by atoms with E-state index in [0.717, 1.165) is 24.9 Å². The lowest BCUT2D eigenvalue weighted by Gasteiger charge is -2.34. The summed E-state index contributed by atoms with van der Waals surface area (Å²) < 4.78 is 0. The number of aldehydes is 1. The Bertz CT molecular complexity index is 260. The summed E-state index contributed by atoms with van der Waals surface area (Å²) in [6, 6.07) is 0.781. The van der Waals surface area contributed by atoms with E-state index in [9.17, 15) is 4.79 Å². The van der Waals surface area contributed by atoms with E-state index in [-0.39, 0.29) is 5.41 Å². The van der Waals surface area contributed by atoms with E-state index < -0.39 is 0 Å². The molecule has 1 aliphatic heterocycles. The van der Waals surface area contributed by atoms with E-state index in [1.165, 1.54) is 51.4 Å². The van der Waals surface area contributed by atoms with Gasteiger partial charge in [-0.1, -0.05) is 26.7 Å². The summed E-state index contributed by atoms with van der Waals surface area (Å²) in [5, 5.41) is 0. The van der Waals surface area contributed by atoms with Gasteiger partial charge in [-0.25, -0.2) is 0 Å². The molecule has 0 radical (unpaired) electrons. The molecular weight excluding hydrogens is 210 g/mol. The average molecular weight is 237 g/mol. The van der Waals surface area contributed by atoms with Crippen LogP contribution in [0, 0.1) is 11.3 Å². The van der Waals surface area contributed by atoms with Gasteiger partial charge in [0, 0.05) is 18.0 Å². The Morgan fingerprint density at radius 1 is 1.24 bits per heavy atom. The SMILES string of the molecule is CCC(C)(C=O)CN1CCCC1C1CCCC1. The maximum Gasteiger partial charge on any atom is 0.127 e. The number of rotatable bonds is 5. The largest absolute Gasteiger partial charge is 0.303 e. The standard InChI is InChI=1S/C15H27NO/c1-3-15(2,12-17)11-16-10-6-9-14(16)13-7-4-5-8-13/h12-14H,3-11H2,1-2H3. The first-order chi connectivity index (χ1) is 8.18. The van der Waals surface area contributed by atoms with Crippen molar-refractivity contribution in [2.45, 2.75) is 64.8 Å². The van der Waals surface area contributed by atoms with Crippen molar-refractivity contribution in [3.63, 3.8) is 0 Å². The molecule has 0 aromatic heterocycles. The molecule has 1 saturated carbocycles. The molecule has 2 unspecified atom stereocenters. The van der Waals surface area contributed by atoms with Gasteiger partial charge in [-0.2, -0.15) is 0 Å². The van der Waals surface area contributed by atoms with Gasteiger partial charge < -0.3 is 4.79 Å². The average Bonchev–Trinajstić information content (AvgIpc) is 2.98. The molecule has 0 spiro atoms. The van der Waals surface area contributed by atoms with Crippen LogP contribution in [0.4, 0.5) is 0 Å². The molecule has 1 aliphatic carbocycles. The van der Waals surface area contributed by atoms with Crippen molar-refractivity contribution in [1.29, 1.82) is 0 Å². The minimum absolute atomic E-state index is 0.124. The maximum absolute atomic E-state index is 11.2. The van der Waals surface area contributed by atoms with Gasteiger partial charge in [0.2, 0.25) is 0 Å². The zero-order chi connectivity index (χ0) is 12.3. The van der Waals surface area contributed by atoms with Crippen LogP contribution in [0.1, 0.15) is 58.8 Å². The van der Waals surface area contributed by atoms with Crippen LogP contribution < -0.4 is 0 Å². The highest BCUT2D eigenvalue weighted by Crippen LogP contribution is 2.36. The molecule has 0 bridgehead atoms.